The van der Waals surface area contributed by atoms with Crippen LogP contribution in [0.3, 0.4) is 0 Å². The first-order valence-corrected chi connectivity index (χ1v) is 6.67. The molecule has 3 nitrogen and oxygen atoms in total. The molecule has 0 spiro atoms. The normalized spacial score (nSPS) is 12.4. The fraction of sp³-hybridized carbons (Fsp3) is 0.294. The molecule has 0 heterocycles. The van der Waals surface area contributed by atoms with Crippen LogP contribution in [0.5, 0.6) is 5.75 Å². The van der Waals surface area contributed by atoms with Gasteiger partial charge in [-0.15, -0.1) is 0 Å². The van der Waals surface area contributed by atoms with Gasteiger partial charge in [0.15, 0.2) is 0 Å². The largest absolute Gasteiger partial charge is 0.496 e. The van der Waals surface area contributed by atoms with Gasteiger partial charge in [-0.05, 0) is 31.3 Å². The molecule has 106 valence electrons. The molecular weight excluding hydrogens is 250 g/mol. The van der Waals surface area contributed by atoms with Crippen molar-refractivity contribution >= 4 is 0 Å². The zero-order chi connectivity index (χ0) is 14.5. The van der Waals surface area contributed by atoms with E-state index < -0.39 is 6.10 Å². The molecule has 0 radical (unpaired) electrons. The quantitative estimate of drug-likeness (QED) is 0.907. The van der Waals surface area contributed by atoms with Gasteiger partial charge in [-0.25, -0.2) is 0 Å². The molecule has 0 saturated heterocycles. The minimum Gasteiger partial charge on any atom is -0.496 e. The summed E-state index contributed by atoms with van der Waals surface area (Å²) in [5, 5.41) is 10.7. The van der Waals surface area contributed by atoms with Gasteiger partial charge in [0.2, 0.25) is 0 Å². The Hall–Kier alpha value is -1.84. The van der Waals surface area contributed by atoms with Crippen molar-refractivity contribution < 1.29 is 9.84 Å². The third-order valence-corrected chi connectivity index (χ3v) is 3.25. The summed E-state index contributed by atoms with van der Waals surface area (Å²) in [5.74, 6) is 0.723. The molecule has 0 unspecified atom stereocenters. The Morgan fingerprint density at radius 3 is 2.35 bits per heavy atom. The molecule has 3 heteroatoms. The van der Waals surface area contributed by atoms with Crippen LogP contribution in [0.1, 0.15) is 22.8 Å². The topological polar surface area (TPSA) is 32.7 Å². The predicted molar refractivity (Wildman–Crippen MR) is 80.9 cm³/mol. The van der Waals surface area contributed by atoms with Gasteiger partial charge < -0.3 is 14.7 Å². The van der Waals surface area contributed by atoms with Crippen LogP contribution in [0.15, 0.2) is 48.5 Å². The van der Waals surface area contributed by atoms with E-state index in [1.165, 1.54) is 0 Å². The number of hydrogen-bond donors (Lipinski definition) is 1. The predicted octanol–water partition coefficient (Wildman–Crippen LogP) is 2.84. The highest BCUT2D eigenvalue weighted by Crippen LogP contribution is 2.33. The molecule has 0 aromatic heterocycles. The third kappa shape index (κ3) is 3.18. The van der Waals surface area contributed by atoms with Gasteiger partial charge in [0, 0.05) is 12.1 Å². The number of ether oxygens (including phenoxy) is 1. The number of aliphatic hydroxyl groups is 1. The number of benzene rings is 2. The molecule has 2 aromatic rings. The Labute approximate surface area is 120 Å². The van der Waals surface area contributed by atoms with E-state index in [9.17, 15) is 5.11 Å². The Balaban J connectivity index is 2.47. The second-order valence-electron chi connectivity index (χ2n) is 5.08. The lowest BCUT2D eigenvalue weighted by Crippen LogP contribution is -2.15. The minimum absolute atomic E-state index is 0.678. The molecule has 0 saturated carbocycles. The first-order chi connectivity index (χ1) is 9.63. The first kappa shape index (κ1) is 14.6. The number of hydrogen-bond acceptors (Lipinski definition) is 3. The number of aliphatic hydroxyl groups excluding tert-OH is 1. The Morgan fingerprint density at radius 2 is 1.75 bits per heavy atom. The molecule has 0 bridgehead atoms. The highest BCUT2D eigenvalue weighted by Gasteiger charge is 2.19. The summed E-state index contributed by atoms with van der Waals surface area (Å²) in [5.41, 5.74) is 2.79. The van der Waals surface area contributed by atoms with Crippen molar-refractivity contribution in [2.45, 2.75) is 12.6 Å². The van der Waals surface area contributed by atoms with E-state index in [-0.39, 0.29) is 0 Å². The van der Waals surface area contributed by atoms with Gasteiger partial charge in [-0.2, -0.15) is 0 Å². The van der Waals surface area contributed by atoms with Crippen molar-refractivity contribution in [2.24, 2.45) is 0 Å². The minimum atomic E-state index is -0.678. The zero-order valence-corrected chi connectivity index (χ0v) is 12.2. The van der Waals surface area contributed by atoms with Crippen LogP contribution in [0.4, 0.5) is 0 Å². The highest BCUT2D eigenvalue weighted by atomic mass is 16.5. The van der Waals surface area contributed by atoms with Crippen LogP contribution in [0, 0.1) is 0 Å². The van der Waals surface area contributed by atoms with E-state index in [0.29, 0.717) is 0 Å². The maximum absolute atomic E-state index is 10.7. The lowest BCUT2D eigenvalue weighted by atomic mass is 9.95. The van der Waals surface area contributed by atoms with E-state index >= 15 is 0 Å². The molecule has 0 fully saturated rings. The maximum Gasteiger partial charge on any atom is 0.125 e. The molecule has 20 heavy (non-hydrogen) atoms. The molecule has 0 amide bonds. The number of nitrogens with zero attached hydrogens (tertiary/aromatic N) is 1. The van der Waals surface area contributed by atoms with Crippen LogP contribution >= 0.6 is 0 Å². The number of methoxy groups -OCH3 is 1. The maximum atomic E-state index is 10.7. The van der Waals surface area contributed by atoms with Crippen molar-refractivity contribution in [1.29, 1.82) is 0 Å². The van der Waals surface area contributed by atoms with E-state index in [4.69, 9.17) is 4.74 Å². The molecular formula is C17H21NO2. The summed E-state index contributed by atoms with van der Waals surface area (Å²) >= 11 is 0. The van der Waals surface area contributed by atoms with Gasteiger partial charge >= 0.3 is 0 Å². The summed E-state index contributed by atoms with van der Waals surface area (Å²) in [6, 6.07) is 15.5. The third-order valence-electron chi connectivity index (χ3n) is 3.25. The van der Waals surface area contributed by atoms with E-state index in [1.54, 1.807) is 7.11 Å². The van der Waals surface area contributed by atoms with Gasteiger partial charge in [0.1, 0.15) is 11.9 Å². The van der Waals surface area contributed by atoms with Crippen molar-refractivity contribution in [3.63, 3.8) is 0 Å². The number of rotatable bonds is 5. The Bertz CT molecular complexity index is 552. The summed E-state index contributed by atoms with van der Waals surface area (Å²) in [6.07, 6.45) is -0.678. The monoisotopic (exact) mass is 271 g/mol. The van der Waals surface area contributed by atoms with Gasteiger partial charge in [0.05, 0.1) is 7.11 Å². The van der Waals surface area contributed by atoms with Crippen LogP contribution in [0.2, 0.25) is 0 Å². The molecule has 0 aliphatic heterocycles. The van der Waals surface area contributed by atoms with Crippen molar-refractivity contribution in [2.75, 3.05) is 21.2 Å². The van der Waals surface area contributed by atoms with Gasteiger partial charge in [-0.1, -0.05) is 42.5 Å². The summed E-state index contributed by atoms with van der Waals surface area (Å²) in [4.78, 5) is 2.08. The van der Waals surface area contributed by atoms with Crippen molar-refractivity contribution in [3.05, 3.63) is 65.2 Å². The van der Waals surface area contributed by atoms with E-state index in [2.05, 4.69) is 4.90 Å². The van der Waals surface area contributed by atoms with E-state index in [0.717, 1.165) is 29.0 Å². The van der Waals surface area contributed by atoms with Crippen LogP contribution in [0.25, 0.3) is 0 Å². The average Bonchev–Trinajstić information content (AvgIpc) is 2.46. The SMILES string of the molecule is COc1cccc(CN(C)C)c1[C@@H](O)c1ccccc1. The smallest absolute Gasteiger partial charge is 0.125 e. The van der Waals surface area contributed by atoms with Crippen LogP contribution in [-0.4, -0.2) is 31.2 Å². The second-order valence-corrected chi connectivity index (χ2v) is 5.08. The molecule has 2 rings (SSSR count). The zero-order valence-electron chi connectivity index (χ0n) is 12.2. The lowest BCUT2D eigenvalue weighted by molar-refractivity contribution is 0.212. The second kappa shape index (κ2) is 6.55. The van der Waals surface area contributed by atoms with Gasteiger partial charge in [-0.3, -0.25) is 0 Å². The lowest BCUT2D eigenvalue weighted by Gasteiger charge is -2.21. The molecule has 0 aliphatic carbocycles. The Kier molecular flexibility index (Phi) is 4.77. The van der Waals surface area contributed by atoms with Crippen LogP contribution < -0.4 is 4.74 Å². The molecule has 2 aromatic carbocycles. The molecule has 1 N–H and O–H groups in total. The van der Waals surface area contributed by atoms with Gasteiger partial charge in [0.25, 0.3) is 0 Å². The Morgan fingerprint density at radius 1 is 1.05 bits per heavy atom. The first-order valence-electron chi connectivity index (χ1n) is 6.67. The van der Waals surface area contributed by atoms with Crippen molar-refractivity contribution in [1.82, 2.24) is 4.90 Å². The molecule has 0 aliphatic rings. The highest BCUT2D eigenvalue weighted by molar-refractivity contribution is 5.45. The van der Waals surface area contributed by atoms with Crippen molar-refractivity contribution in [3.8, 4) is 5.75 Å². The average molecular weight is 271 g/mol. The molecule has 1 atom stereocenters. The summed E-state index contributed by atoms with van der Waals surface area (Å²) in [6.45, 7) is 0.760. The summed E-state index contributed by atoms with van der Waals surface area (Å²) in [7, 11) is 5.66. The summed E-state index contributed by atoms with van der Waals surface area (Å²) < 4.78 is 5.43. The van der Waals surface area contributed by atoms with Crippen LogP contribution in [-0.2, 0) is 6.54 Å². The fourth-order valence-electron chi connectivity index (χ4n) is 2.36. The van der Waals surface area contributed by atoms with E-state index in [1.807, 2.05) is 62.6 Å². The standard InChI is InChI=1S/C17H21NO2/c1-18(2)12-14-10-7-11-15(20-3)16(14)17(19)13-8-5-4-6-9-13/h4-11,17,19H,12H2,1-3H3/t17-/m0/s1. The fourth-order valence-corrected chi connectivity index (χ4v) is 2.36.